The predicted octanol–water partition coefficient (Wildman–Crippen LogP) is 1.55. The molecule has 84 valence electrons. The lowest BCUT2D eigenvalue weighted by Crippen LogP contribution is -2.28. The van der Waals surface area contributed by atoms with Gasteiger partial charge in [-0.1, -0.05) is 6.92 Å². The molecule has 0 saturated heterocycles. The Bertz CT molecular complexity index is 264. The third-order valence-corrected chi connectivity index (χ3v) is 1.94. The SMILES string of the molecule is CCNC(COC(C)C)c1ncccn1. The fourth-order valence-corrected chi connectivity index (χ4v) is 1.25. The van der Waals surface area contributed by atoms with Crippen molar-refractivity contribution in [3.63, 3.8) is 0 Å². The monoisotopic (exact) mass is 209 g/mol. The minimum absolute atomic E-state index is 0.0820. The molecule has 0 saturated carbocycles. The fraction of sp³-hybridized carbons (Fsp3) is 0.636. The molecule has 0 bridgehead atoms. The molecular formula is C11H19N3O. The molecule has 4 heteroatoms. The lowest BCUT2D eigenvalue weighted by molar-refractivity contribution is 0.0598. The molecule has 1 rings (SSSR count). The average molecular weight is 209 g/mol. The summed E-state index contributed by atoms with van der Waals surface area (Å²) in [4.78, 5) is 8.44. The Labute approximate surface area is 91.1 Å². The van der Waals surface area contributed by atoms with Gasteiger partial charge >= 0.3 is 0 Å². The number of hydrogen-bond acceptors (Lipinski definition) is 4. The van der Waals surface area contributed by atoms with Crippen molar-refractivity contribution in [3.8, 4) is 0 Å². The van der Waals surface area contributed by atoms with Crippen molar-refractivity contribution in [3.05, 3.63) is 24.3 Å². The third-order valence-electron chi connectivity index (χ3n) is 1.94. The molecule has 1 aromatic heterocycles. The van der Waals surface area contributed by atoms with Gasteiger partial charge in [-0.05, 0) is 26.5 Å². The van der Waals surface area contributed by atoms with Gasteiger partial charge in [-0.25, -0.2) is 9.97 Å². The van der Waals surface area contributed by atoms with Gasteiger partial charge in [0.15, 0.2) is 0 Å². The first-order valence-corrected chi connectivity index (χ1v) is 5.36. The number of aromatic nitrogens is 2. The zero-order valence-electron chi connectivity index (χ0n) is 9.60. The quantitative estimate of drug-likeness (QED) is 0.772. The second-order valence-corrected chi connectivity index (χ2v) is 3.60. The third kappa shape index (κ3) is 4.36. The molecular weight excluding hydrogens is 190 g/mol. The largest absolute Gasteiger partial charge is 0.377 e. The van der Waals surface area contributed by atoms with Crippen LogP contribution in [0.2, 0.25) is 0 Å². The van der Waals surface area contributed by atoms with Crippen LogP contribution in [-0.2, 0) is 4.74 Å². The number of rotatable bonds is 6. The summed E-state index contributed by atoms with van der Waals surface area (Å²) in [6, 6.07) is 1.90. The van der Waals surface area contributed by atoms with E-state index in [-0.39, 0.29) is 12.1 Å². The lowest BCUT2D eigenvalue weighted by atomic mass is 10.3. The van der Waals surface area contributed by atoms with E-state index in [2.05, 4.69) is 22.2 Å². The van der Waals surface area contributed by atoms with Crippen LogP contribution in [0.3, 0.4) is 0 Å². The van der Waals surface area contributed by atoms with Crippen molar-refractivity contribution in [2.45, 2.75) is 32.9 Å². The Kier molecular flexibility index (Phi) is 5.21. The fourth-order valence-electron chi connectivity index (χ4n) is 1.25. The van der Waals surface area contributed by atoms with E-state index < -0.39 is 0 Å². The Morgan fingerprint density at radius 1 is 1.33 bits per heavy atom. The van der Waals surface area contributed by atoms with Crippen molar-refractivity contribution in [1.82, 2.24) is 15.3 Å². The maximum atomic E-state index is 5.57. The second-order valence-electron chi connectivity index (χ2n) is 3.60. The van der Waals surface area contributed by atoms with Crippen molar-refractivity contribution in [2.24, 2.45) is 0 Å². The van der Waals surface area contributed by atoms with E-state index in [1.165, 1.54) is 0 Å². The number of hydrogen-bond donors (Lipinski definition) is 1. The maximum Gasteiger partial charge on any atom is 0.147 e. The topological polar surface area (TPSA) is 47.0 Å². The van der Waals surface area contributed by atoms with Gasteiger partial charge in [0, 0.05) is 12.4 Å². The van der Waals surface area contributed by atoms with Crippen LogP contribution in [0, 0.1) is 0 Å². The molecule has 0 aliphatic carbocycles. The van der Waals surface area contributed by atoms with E-state index in [4.69, 9.17) is 4.74 Å². The first-order chi connectivity index (χ1) is 7.24. The molecule has 1 N–H and O–H groups in total. The predicted molar refractivity (Wildman–Crippen MR) is 59.5 cm³/mol. The van der Waals surface area contributed by atoms with Gasteiger partial charge in [0.25, 0.3) is 0 Å². The van der Waals surface area contributed by atoms with E-state index >= 15 is 0 Å². The number of likely N-dealkylation sites (N-methyl/N-ethyl adjacent to an activating group) is 1. The molecule has 1 unspecified atom stereocenters. The van der Waals surface area contributed by atoms with E-state index in [1.807, 2.05) is 19.9 Å². The molecule has 0 amide bonds. The van der Waals surface area contributed by atoms with Crippen LogP contribution in [0.15, 0.2) is 18.5 Å². The van der Waals surface area contributed by atoms with Crippen LogP contribution in [-0.4, -0.2) is 29.2 Å². The Morgan fingerprint density at radius 3 is 2.53 bits per heavy atom. The second kappa shape index (κ2) is 6.48. The first kappa shape index (κ1) is 12.1. The van der Waals surface area contributed by atoms with Gasteiger partial charge < -0.3 is 10.1 Å². The molecule has 0 radical (unpaired) electrons. The van der Waals surface area contributed by atoms with Crippen molar-refractivity contribution < 1.29 is 4.74 Å². The van der Waals surface area contributed by atoms with Crippen LogP contribution in [0.5, 0.6) is 0 Å². The summed E-state index contributed by atoms with van der Waals surface area (Å²) in [5.41, 5.74) is 0. The van der Waals surface area contributed by atoms with Crippen molar-refractivity contribution in [1.29, 1.82) is 0 Å². The zero-order chi connectivity index (χ0) is 11.1. The molecule has 0 aliphatic rings. The highest BCUT2D eigenvalue weighted by Crippen LogP contribution is 2.07. The molecule has 0 aliphatic heterocycles. The summed E-state index contributed by atoms with van der Waals surface area (Å²) in [5, 5.41) is 3.30. The van der Waals surface area contributed by atoms with Gasteiger partial charge in [-0.2, -0.15) is 0 Å². The van der Waals surface area contributed by atoms with Crippen molar-refractivity contribution in [2.75, 3.05) is 13.2 Å². The summed E-state index contributed by atoms with van der Waals surface area (Å²) in [6.45, 7) is 7.59. The van der Waals surface area contributed by atoms with Gasteiger partial charge in [-0.15, -0.1) is 0 Å². The van der Waals surface area contributed by atoms with E-state index in [0.717, 1.165) is 12.4 Å². The number of nitrogens with zero attached hydrogens (tertiary/aromatic N) is 2. The van der Waals surface area contributed by atoms with Crippen LogP contribution in [0.1, 0.15) is 32.6 Å². The standard InChI is InChI=1S/C11H19N3O/c1-4-12-10(8-15-9(2)3)11-13-6-5-7-14-11/h5-7,9-10,12H,4,8H2,1-3H3. The summed E-state index contributed by atoms with van der Waals surface area (Å²) in [6.07, 6.45) is 3.74. The van der Waals surface area contributed by atoms with Gasteiger partial charge in [-0.3, -0.25) is 0 Å². The molecule has 0 aromatic carbocycles. The lowest BCUT2D eigenvalue weighted by Gasteiger charge is -2.17. The van der Waals surface area contributed by atoms with Crippen molar-refractivity contribution >= 4 is 0 Å². The maximum absolute atomic E-state index is 5.57. The Balaban J connectivity index is 2.57. The summed E-state index contributed by atoms with van der Waals surface area (Å²) in [7, 11) is 0. The summed E-state index contributed by atoms with van der Waals surface area (Å²) >= 11 is 0. The van der Waals surface area contributed by atoms with Gasteiger partial charge in [0.1, 0.15) is 5.82 Å². The molecule has 4 nitrogen and oxygen atoms in total. The van der Waals surface area contributed by atoms with Crippen LogP contribution >= 0.6 is 0 Å². The van der Waals surface area contributed by atoms with E-state index in [1.54, 1.807) is 12.4 Å². The molecule has 1 aromatic rings. The summed E-state index contributed by atoms with van der Waals surface area (Å²) in [5.74, 6) is 0.792. The van der Waals surface area contributed by atoms with E-state index in [0.29, 0.717) is 6.61 Å². The first-order valence-electron chi connectivity index (χ1n) is 5.36. The summed E-state index contributed by atoms with van der Waals surface area (Å²) < 4.78 is 5.57. The van der Waals surface area contributed by atoms with Crippen LogP contribution in [0.25, 0.3) is 0 Å². The molecule has 15 heavy (non-hydrogen) atoms. The molecule has 0 fully saturated rings. The van der Waals surface area contributed by atoms with Crippen LogP contribution in [0.4, 0.5) is 0 Å². The zero-order valence-corrected chi connectivity index (χ0v) is 9.60. The Hall–Kier alpha value is -1.00. The molecule has 1 heterocycles. The highest BCUT2D eigenvalue weighted by Gasteiger charge is 2.13. The minimum atomic E-state index is 0.0820. The van der Waals surface area contributed by atoms with E-state index in [9.17, 15) is 0 Å². The molecule has 1 atom stereocenters. The normalized spacial score (nSPS) is 13.1. The highest BCUT2D eigenvalue weighted by atomic mass is 16.5. The number of nitrogens with one attached hydrogen (secondary N) is 1. The molecule has 0 spiro atoms. The smallest absolute Gasteiger partial charge is 0.147 e. The Morgan fingerprint density at radius 2 is 2.00 bits per heavy atom. The average Bonchev–Trinajstić information content (AvgIpc) is 2.25. The van der Waals surface area contributed by atoms with Gasteiger partial charge in [0.05, 0.1) is 18.8 Å². The minimum Gasteiger partial charge on any atom is -0.377 e. The van der Waals surface area contributed by atoms with Gasteiger partial charge in [0.2, 0.25) is 0 Å². The van der Waals surface area contributed by atoms with Crippen LogP contribution < -0.4 is 5.32 Å². The number of ether oxygens (including phenoxy) is 1. The highest BCUT2D eigenvalue weighted by molar-refractivity contribution is 4.95.